The summed E-state index contributed by atoms with van der Waals surface area (Å²) < 4.78 is 12.8. The summed E-state index contributed by atoms with van der Waals surface area (Å²) in [5, 5.41) is 6.29. The van der Waals surface area contributed by atoms with E-state index in [4.69, 9.17) is 0 Å². The number of hydrogen-bond donors (Lipinski definition) is 2. The molecule has 0 aromatic heterocycles. The molecule has 0 radical (unpaired) electrons. The van der Waals surface area contributed by atoms with E-state index in [1.807, 2.05) is 0 Å². The van der Waals surface area contributed by atoms with Gasteiger partial charge in [-0.25, -0.2) is 4.39 Å². The molecule has 0 bridgehead atoms. The van der Waals surface area contributed by atoms with Gasteiger partial charge in [0.2, 0.25) is 5.91 Å². The molecule has 1 heterocycles. The zero-order valence-electron chi connectivity index (χ0n) is 11.3. The molecule has 1 aliphatic heterocycles. The summed E-state index contributed by atoms with van der Waals surface area (Å²) in [6, 6.07) is 6.62. The Morgan fingerprint density at radius 3 is 2.84 bits per heavy atom. The molecule has 1 aromatic rings. The van der Waals surface area contributed by atoms with Crippen molar-refractivity contribution >= 4 is 5.91 Å². The third kappa shape index (κ3) is 4.31. The minimum Gasteiger partial charge on any atom is -0.355 e. The van der Waals surface area contributed by atoms with Gasteiger partial charge in [0.25, 0.3) is 0 Å². The Balaban J connectivity index is 1.87. The van der Waals surface area contributed by atoms with E-state index in [1.54, 1.807) is 12.1 Å². The number of rotatable bonds is 4. The molecule has 1 aromatic carbocycles. The van der Waals surface area contributed by atoms with Gasteiger partial charge in [-0.15, -0.1) is 0 Å². The van der Waals surface area contributed by atoms with E-state index in [1.165, 1.54) is 12.1 Å². The topological polar surface area (TPSA) is 41.1 Å². The Kier molecular flexibility index (Phi) is 4.91. The van der Waals surface area contributed by atoms with E-state index in [0.29, 0.717) is 0 Å². The second-order valence-corrected chi connectivity index (χ2v) is 5.24. The SMILES string of the molecule is C[C@H](Cc1ccc(F)cc1)N[C@H]1CCCCNC1=O. The molecule has 2 rings (SSSR count). The molecule has 4 heteroatoms. The van der Waals surface area contributed by atoms with Gasteiger partial charge in [0.05, 0.1) is 6.04 Å². The second-order valence-electron chi connectivity index (χ2n) is 5.24. The van der Waals surface area contributed by atoms with Crippen molar-refractivity contribution < 1.29 is 9.18 Å². The standard InChI is InChI=1S/C15H21FN2O/c1-11(10-12-5-7-13(16)8-6-12)18-14-4-2-3-9-17-15(14)19/h5-8,11,14,18H,2-4,9-10H2,1H3,(H,17,19)/t11-,14+/m1/s1. The number of hydrogen-bond acceptors (Lipinski definition) is 2. The predicted octanol–water partition coefficient (Wildman–Crippen LogP) is 2.02. The van der Waals surface area contributed by atoms with E-state index in [0.717, 1.165) is 37.8 Å². The molecule has 2 atom stereocenters. The Morgan fingerprint density at radius 2 is 2.11 bits per heavy atom. The minimum absolute atomic E-state index is 0.0991. The average molecular weight is 264 g/mol. The smallest absolute Gasteiger partial charge is 0.237 e. The van der Waals surface area contributed by atoms with Crippen molar-refractivity contribution in [2.24, 2.45) is 0 Å². The fourth-order valence-corrected chi connectivity index (χ4v) is 2.47. The summed E-state index contributed by atoms with van der Waals surface area (Å²) in [7, 11) is 0. The van der Waals surface area contributed by atoms with E-state index < -0.39 is 0 Å². The number of benzene rings is 1. The highest BCUT2D eigenvalue weighted by atomic mass is 19.1. The third-order valence-corrected chi connectivity index (χ3v) is 3.48. The first-order chi connectivity index (χ1) is 9.15. The quantitative estimate of drug-likeness (QED) is 0.873. The van der Waals surface area contributed by atoms with Gasteiger partial charge >= 0.3 is 0 Å². The van der Waals surface area contributed by atoms with Crippen molar-refractivity contribution in [3.8, 4) is 0 Å². The molecule has 1 fully saturated rings. The molecule has 2 N–H and O–H groups in total. The Bertz CT molecular complexity index is 419. The average Bonchev–Trinajstić information content (AvgIpc) is 2.58. The van der Waals surface area contributed by atoms with Crippen LogP contribution in [0, 0.1) is 5.82 Å². The maximum absolute atomic E-state index is 12.8. The van der Waals surface area contributed by atoms with Crippen molar-refractivity contribution in [2.45, 2.75) is 44.7 Å². The molecule has 1 amide bonds. The van der Waals surface area contributed by atoms with Gasteiger partial charge in [0, 0.05) is 12.6 Å². The van der Waals surface area contributed by atoms with Gasteiger partial charge in [-0.3, -0.25) is 4.79 Å². The summed E-state index contributed by atoms with van der Waals surface area (Å²) in [6.07, 6.45) is 3.81. The Labute approximate surface area is 113 Å². The van der Waals surface area contributed by atoms with Crippen LogP contribution in [0.25, 0.3) is 0 Å². The highest BCUT2D eigenvalue weighted by molar-refractivity contribution is 5.81. The van der Waals surface area contributed by atoms with Gasteiger partial charge < -0.3 is 10.6 Å². The first kappa shape index (κ1) is 14.0. The minimum atomic E-state index is -0.215. The molecule has 3 nitrogen and oxygen atoms in total. The molecule has 0 spiro atoms. The van der Waals surface area contributed by atoms with Crippen LogP contribution in [0.1, 0.15) is 31.7 Å². The van der Waals surface area contributed by atoms with Crippen LogP contribution in [0.15, 0.2) is 24.3 Å². The Hall–Kier alpha value is -1.42. The lowest BCUT2D eigenvalue weighted by Gasteiger charge is -2.21. The first-order valence-corrected chi connectivity index (χ1v) is 6.93. The monoisotopic (exact) mass is 264 g/mol. The van der Waals surface area contributed by atoms with Gasteiger partial charge in [-0.05, 0) is 50.3 Å². The lowest BCUT2D eigenvalue weighted by Crippen LogP contribution is -2.47. The highest BCUT2D eigenvalue weighted by Gasteiger charge is 2.21. The van der Waals surface area contributed by atoms with Crippen LogP contribution in [0.5, 0.6) is 0 Å². The van der Waals surface area contributed by atoms with Gasteiger partial charge in [-0.2, -0.15) is 0 Å². The van der Waals surface area contributed by atoms with Crippen molar-refractivity contribution in [3.05, 3.63) is 35.6 Å². The molecule has 0 saturated carbocycles. The molecular formula is C15H21FN2O. The summed E-state index contributed by atoms with van der Waals surface area (Å²) >= 11 is 0. The van der Waals surface area contributed by atoms with Crippen LogP contribution in [-0.2, 0) is 11.2 Å². The van der Waals surface area contributed by atoms with E-state index >= 15 is 0 Å². The van der Waals surface area contributed by atoms with Crippen molar-refractivity contribution in [1.82, 2.24) is 10.6 Å². The van der Waals surface area contributed by atoms with Crippen molar-refractivity contribution in [3.63, 3.8) is 0 Å². The number of halogens is 1. The predicted molar refractivity (Wildman–Crippen MR) is 73.4 cm³/mol. The van der Waals surface area contributed by atoms with Crippen LogP contribution in [0.4, 0.5) is 4.39 Å². The van der Waals surface area contributed by atoms with Crippen molar-refractivity contribution in [2.75, 3.05) is 6.54 Å². The molecule has 0 unspecified atom stereocenters. The molecule has 1 saturated heterocycles. The zero-order valence-corrected chi connectivity index (χ0v) is 11.3. The normalized spacial score (nSPS) is 21.6. The van der Waals surface area contributed by atoms with Gasteiger partial charge in [-0.1, -0.05) is 12.1 Å². The van der Waals surface area contributed by atoms with Crippen LogP contribution >= 0.6 is 0 Å². The summed E-state index contributed by atoms with van der Waals surface area (Å²) in [4.78, 5) is 11.8. The zero-order chi connectivity index (χ0) is 13.7. The van der Waals surface area contributed by atoms with Crippen LogP contribution in [-0.4, -0.2) is 24.5 Å². The summed E-state index contributed by atoms with van der Waals surface area (Å²) in [6.45, 7) is 2.84. The molecular weight excluding hydrogens is 243 g/mol. The van der Waals surface area contributed by atoms with Crippen molar-refractivity contribution in [1.29, 1.82) is 0 Å². The Morgan fingerprint density at radius 1 is 1.37 bits per heavy atom. The molecule has 1 aliphatic rings. The highest BCUT2D eigenvalue weighted by Crippen LogP contribution is 2.09. The number of nitrogens with one attached hydrogen (secondary N) is 2. The van der Waals surface area contributed by atoms with Crippen LogP contribution in [0.3, 0.4) is 0 Å². The van der Waals surface area contributed by atoms with E-state index in [9.17, 15) is 9.18 Å². The largest absolute Gasteiger partial charge is 0.355 e. The number of amides is 1. The first-order valence-electron chi connectivity index (χ1n) is 6.93. The number of carbonyl (C=O) groups excluding carboxylic acids is 1. The fraction of sp³-hybridized carbons (Fsp3) is 0.533. The summed E-state index contributed by atoms with van der Waals surface area (Å²) in [5.74, 6) is -0.115. The van der Waals surface area contributed by atoms with Gasteiger partial charge in [0.1, 0.15) is 5.82 Å². The van der Waals surface area contributed by atoms with Gasteiger partial charge in [0.15, 0.2) is 0 Å². The van der Waals surface area contributed by atoms with Crippen LogP contribution in [0.2, 0.25) is 0 Å². The molecule has 19 heavy (non-hydrogen) atoms. The van der Waals surface area contributed by atoms with E-state index in [-0.39, 0.29) is 23.8 Å². The summed E-state index contributed by atoms with van der Waals surface area (Å²) in [5.41, 5.74) is 1.08. The molecule has 104 valence electrons. The third-order valence-electron chi connectivity index (χ3n) is 3.48. The second kappa shape index (κ2) is 6.66. The van der Waals surface area contributed by atoms with E-state index in [2.05, 4.69) is 17.6 Å². The maximum Gasteiger partial charge on any atom is 0.237 e. The maximum atomic E-state index is 12.8. The lowest BCUT2D eigenvalue weighted by atomic mass is 10.0. The van der Waals surface area contributed by atoms with Crippen LogP contribution < -0.4 is 10.6 Å². The number of carbonyl (C=O) groups is 1. The lowest BCUT2D eigenvalue weighted by molar-refractivity contribution is -0.123. The fourth-order valence-electron chi connectivity index (χ4n) is 2.47. The molecule has 0 aliphatic carbocycles.